The Labute approximate surface area is 227 Å². The summed E-state index contributed by atoms with van der Waals surface area (Å²) in [5.74, 6) is 0.480. The number of aliphatic hydroxyl groups is 1. The Balaban J connectivity index is 0.000000396. The zero-order valence-electron chi connectivity index (χ0n) is 21.0. The number of methoxy groups -OCH3 is 1. The molecular formula is C26H32BrN3O6S. The predicted molar refractivity (Wildman–Crippen MR) is 147 cm³/mol. The molecule has 0 aliphatic carbocycles. The number of aromatic nitrogens is 2. The van der Waals surface area contributed by atoms with Crippen LogP contribution in [-0.4, -0.2) is 53.1 Å². The van der Waals surface area contributed by atoms with Gasteiger partial charge in [0.1, 0.15) is 16.6 Å². The summed E-state index contributed by atoms with van der Waals surface area (Å²) in [6, 6.07) is 6.89. The molecule has 5 rings (SSSR count). The van der Waals surface area contributed by atoms with Gasteiger partial charge in [-0.3, -0.25) is 14.2 Å². The number of amides is 1. The standard InChI is InChI=1S/C21H22BrN3O4S.C5H10O2/c1-12-16-19(27)25(14-7-5-10-23-18(14)26)21(28)24(20(16)30-17(12)22)11-9-13-6-3-4-8-15(13)29-2;6-5-1-3-7-4-2-5/h3-4,6,8,14H,5,7,9-11H2,1-2H3,(H,23,26);5-6H,1-4H2. The first-order valence-electron chi connectivity index (χ1n) is 12.4. The van der Waals surface area contributed by atoms with Crippen molar-refractivity contribution in [1.29, 1.82) is 0 Å². The number of aliphatic hydroxyl groups excluding tert-OH is 1. The van der Waals surface area contributed by atoms with E-state index < -0.39 is 17.3 Å². The van der Waals surface area contributed by atoms with Crippen molar-refractivity contribution in [3.05, 3.63) is 60.0 Å². The molecule has 1 atom stereocenters. The summed E-state index contributed by atoms with van der Waals surface area (Å²) >= 11 is 4.88. The van der Waals surface area contributed by atoms with Gasteiger partial charge in [-0.1, -0.05) is 18.2 Å². The topological polar surface area (TPSA) is 112 Å². The van der Waals surface area contributed by atoms with Gasteiger partial charge in [0.15, 0.2) is 0 Å². The maximum Gasteiger partial charge on any atom is 0.332 e. The van der Waals surface area contributed by atoms with Crippen LogP contribution in [0.4, 0.5) is 0 Å². The molecule has 2 aromatic heterocycles. The lowest BCUT2D eigenvalue weighted by atomic mass is 10.1. The molecule has 11 heteroatoms. The second-order valence-corrected chi connectivity index (χ2v) is 11.5. The van der Waals surface area contributed by atoms with Crippen molar-refractivity contribution < 1.29 is 19.4 Å². The first kappa shape index (κ1) is 27.6. The third kappa shape index (κ3) is 6.00. The summed E-state index contributed by atoms with van der Waals surface area (Å²) in [7, 11) is 1.62. The van der Waals surface area contributed by atoms with E-state index >= 15 is 0 Å². The molecule has 2 aliphatic rings. The Morgan fingerprint density at radius 1 is 1.19 bits per heavy atom. The second kappa shape index (κ2) is 12.4. The number of rotatable bonds is 5. The van der Waals surface area contributed by atoms with Crippen LogP contribution >= 0.6 is 27.3 Å². The molecule has 0 saturated carbocycles. The highest BCUT2D eigenvalue weighted by atomic mass is 79.9. The Morgan fingerprint density at radius 3 is 2.57 bits per heavy atom. The maximum absolute atomic E-state index is 13.5. The lowest BCUT2D eigenvalue weighted by molar-refractivity contribution is -0.126. The van der Waals surface area contributed by atoms with E-state index in [0.29, 0.717) is 36.1 Å². The molecule has 1 unspecified atom stereocenters. The van der Waals surface area contributed by atoms with E-state index in [1.165, 1.54) is 11.3 Å². The Morgan fingerprint density at radius 2 is 1.92 bits per heavy atom. The van der Waals surface area contributed by atoms with Crippen LogP contribution in [0.2, 0.25) is 0 Å². The fourth-order valence-electron chi connectivity index (χ4n) is 4.64. The minimum Gasteiger partial charge on any atom is -0.496 e. The van der Waals surface area contributed by atoms with Gasteiger partial charge in [0.25, 0.3) is 5.56 Å². The number of benzene rings is 1. The average molecular weight is 595 g/mol. The molecule has 2 saturated heterocycles. The third-order valence-electron chi connectivity index (χ3n) is 6.74. The zero-order valence-corrected chi connectivity index (χ0v) is 23.4. The minimum absolute atomic E-state index is 0.0891. The van der Waals surface area contributed by atoms with Gasteiger partial charge in [-0.2, -0.15) is 0 Å². The van der Waals surface area contributed by atoms with Gasteiger partial charge in [0.05, 0.1) is 22.4 Å². The third-order valence-corrected chi connectivity index (χ3v) is 8.92. The second-order valence-electron chi connectivity index (χ2n) is 9.14. The van der Waals surface area contributed by atoms with Crippen LogP contribution in [0.5, 0.6) is 5.75 Å². The Kier molecular flexibility index (Phi) is 9.22. The van der Waals surface area contributed by atoms with Gasteiger partial charge in [-0.25, -0.2) is 9.36 Å². The van der Waals surface area contributed by atoms with Crippen molar-refractivity contribution in [3.8, 4) is 5.75 Å². The number of hydrogen-bond acceptors (Lipinski definition) is 7. The molecule has 2 N–H and O–H groups in total. The first-order valence-corrected chi connectivity index (χ1v) is 14.0. The molecule has 1 aromatic carbocycles. The van der Waals surface area contributed by atoms with E-state index in [-0.39, 0.29) is 12.0 Å². The summed E-state index contributed by atoms with van der Waals surface area (Å²) in [4.78, 5) is 39.8. The smallest absolute Gasteiger partial charge is 0.332 e. The average Bonchev–Trinajstić information content (AvgIpc) is 3.20. The first-order chi connectivity index (χ1) is 17.8. The van der Waals surface area contributed by atoms with Crippen molar-refractivity contribution in [2.24, 2.45) is 0 Å². The normalized spacial score (nSPS) is 18.3. The fourth-order valence-corrected chi connectivity index (χ4v) is 6.34. The number of ether oxygens (including phenoxy) is 2. The SMILES string of the molecule is COc1ccccc1CCn1c(=O)n(C2CCCNC2=O)c(=O)c2c(C)c(Br)sc21.OC1CCOCC1. The van der Waals surface area contributed by atoms with Gasteiger partial charge >= 0.3 is 5.69 Å². The summed E-state index contributed by atoms with van der Waals surface area (Å²) in [6.45, 7) is 4.26. The van der Waals surface area contributed by atoms with Crippen molar-refractivity contribution >= 4 is 43.4 Å². The van der Waals surface area contributed by atoms with Crippen LogP contribution in [0.25, 0.3) is 10.2 Å². The Hall–Kier alpha value is -2.47. The minimum atomic E-state index is -0.779. The molecular weight excluding hydrogens is 562 g/mol. The van der Waals surface area contributed by atoms with Crippen LogP contribution in [0, 0.1) is 6.92 Å². The van der Waals surface area contributed by atoms with Crippen molar-refractivity contribution in [3.63, 3.8) is 0 Å². The number of nitrogens with zero attached hydrogens (tertiary/aromatic N) is 2. The number of carbonyl (C=O) groups is 1. The Bertz CT molecular complexity index is 1380. The van der Waals surface area contributed by atoms with E-state index in [9.17, 15) is 14.4 Å². The van der Waals surface area contributed by atoms with Gasteiger partial charge < -0.3 is 19.9 Å². The zero-order chi connectivity index (χ0) is 26.5. The highest BCUT2D eigenvalue weighted by Gasteiger charge is 2.29. The molecule has 200 valence electrons. The van der Waals surface area contributed by atoms with Crippen molar-refractivity contribution in [2.75, 3.05) is 26.9 Å². The number of halogens is 1. The molecule has 0 bridgehead atoms. The van der Waals surface area contributed by atoms with E-state index in [0.717, 1.165) is 57.7 Å². The highest BCUT2D eigenvalue weighted by Crippen LogP contribution is 2.33. The van der Waals surface area contributed by atoms with Crippen LogP contribution in [-0.2, 0) is 22.5 Å². The van der Waals surface area contributed by atoms with Gasteiger partial charge in [0, 0.05) is 26.3 Å². The summed E-state index contributed by atoms with van der Waals surface area (Å²) in [5.41, 5.74) is 0.916. The van der Waals surface area contributed by atoms with Gasteiger partial charge in [-0.05, 0) is 72.2 Å². The predicted octanol–water partition coefficient (Wildman–Crippen LogP) is 3.16. The van der Waals surface area contributed by atoms with Crippen LogP contribution in [0.3, 0.4) is 0 Å². The number of piperidine rings is 1. The summed E-state index contributed by atoms with van der Waals surface area (Å²) in [5, 5.41) is 12.1. The molecule has 1 amide bonds. The lowest BCUT2D eigenvalue weighted by Crippen LogP contribution is -2.49. The molecule has 4 heterocycles. The van der Waals surface area contributed by atoms with E-state index in [1.54, 1.807) is 11.7 Å². The lowest BCUT2D eigenvalue weighted by Gasteiger charge is -2.24. The van der Waals surface area contributed by atoms with Crippen LogP contribution in [0.15, 0.2) is 37.6 Å². The van der Waals surface area contributed by atoms with Crippen molar-refractivity contribution in [2.45, 2.75) is 57.7 Å². The van der Waals surface area contributed by atoms with Crippen molar-refractivity contribution in [1.82, 2.24) is 14.5 Å². The summed E-state index contributed by atoms with van der Waals surface area (Å²) in [6.07, 6.45) is 3.31. The molecule has 9 nitrogen and oxygen atoms in total. The molecule has 0 spiro atoms. The van der Waals surface area contributed by atoms with E-state index in [1.807, 2.05) is 31.2 Å². The number of carbonyl (C=O) groups excluding carboxylic acids is 1. The molecule has 2 aliphatic heterocycles. The highest BCUT2D eigenvalue weighted by molar-refractivity contribution is 9.11. The molecule has 3 aromatic rings. The van der Waals surface area contributed by atoms with Gasteiger partial charge in [-0.15, -0.1) is 11.3 Å². The maximum atomic E-state index is 13.5. The quantitative estimate of drug-likeness (QED) is 0.470. The van der Waals surface area contributed by atoms with Crippen LogP contribution in [0.1, 0.15) is 42.9 Å². The molecule has 37 heavy (non-hydrogen) atoms. The van der Waals surface area contributed by atoms with E-state index in [2.05, 4.69) is 21.2 Å². The monoisotopic (exact) mass is 593 g/mol. The number of para-hydroxylation sites is 1. The molecule has 2 fully saturated rings. The van der Waals surface area contributed by atoms with Crippen LogP contribution < -0.4 is 21.3 Å². The van der Waals surface area contributed by atoms with E-state index in [4.69, 9.17) is 14.6 Å². The number of aryl methyl sites for hydroxylation is 3. The largest absolute Gasteiger partial charge is 0.496 e. The number of nitrogens with one attached hydrogen (secondary N) is 1. The number of fused-ring (bicyclic) bond motifs is 1. The summed E-state index contributed by atoms with van der Waals surface area (Å²) < 4.78 is 14.0. The number of hydrogen-bond donors (Lipinski definition) is 2. The fraction of sp³-hybridized carbons (Fsp3) is 0.500. The van der Waals surface area contributed by atoms with Gasteiger partial charge in [0.2, 0.25) is 5.91 Å². The number of thiophene rings is 1. The molecule has 0 radical (unpaired) electrons.